The minimum absolute atomic E-state index is 0.117. The monoisotopic (exact) mass is 463 g/mol. The summed E-state index contributed by atoms with van der Waals surface area (Å²) in [5.41, 5.74) is 2.49. The second kappa shape index (κ2) is 11.5. The topological polar surface area (TPSA) is 88.9 Å². The Morgan fingerprint density at radius 2 is 1.76 bits per heavy atom. The van der Waals surface area contributed by atoms with Crippen molar-refractivity contribution in [1.29, 1.82) is 0 Å². The van der Waals surface area contributed by atoms with E-state index in [0.717, 1.165) is 11.3 Å². The number of carbonyl (C=O) groups is 2. The molecule has 0 saturated carbocycles. The Labute approximate surface area is 198 Å². The van der Waals surface area contributed by atoms with E-state index < -0.39 is 0 Å². The smallest absolute Gasteiger partial charge is 0.251 e. The van der Waals surface area contributed by atoms with E-state index >= 15 is 0 Å². The molecule has 0 unspecified atom stereocenters. The maximum absolute atomic E-state index is 12.6. The van der Waals surface area contributed by atoms with Gasteiger partial charge >= 0.3 is 0 Å². The van der Waals surface area contributed by atoms with Gasteiger partial charge in [0.1, 0.15) is 0 Å². The Hall–Kier alpha value is -3.39. The van der Waals surface area contributed by atoms with Gasteiger partial charge in [-0.05, 0) is 36.6 Å². The van der Waals surface area contributed by atoms with Crippen molar-refractivity contribution in [2.75, 3.05) is 11.1 Å². The number of benzene rings is 2. The first kappa shape index (κ1) is 24.3. The minimum atomic E-state index is -0.369. The zero-order valence-corrected chi connectivity index (χ0v) is 19.9. The van der Waals surface area contributed by atoms with Crippen molar-refractivity contribution in [3.63, 3.8) is 0 Å². The number of anilines is 1. The van der Waals surface area contributed by atoms with Crippen LogP contribution in [0.5, 0.6) is 0 Å². The van der Waals surface area contributed by atoms with Gasteiger partial charge in [-0.3, -0.25) is 9.59 Å². The number of para-hydroxylation sites is 1. The fourth-order valence-electron chi connectivity index (χ4n) is 3.39. The first-order chi connectivity index (χ1) is 15.9. The van der Waals surface area contributed by atoms with Gasteiger partial charge in [-0.1, -0.05) is 68.1 Å². The van der Waals surface area contributed by atoms with Gasteiger partial charge in [0.25, 0.3) is 5.91 Å². The molecule has 8 heteroatoms. The third kappa shape index (κ3) is 6.32. The van der Waals surface area contributed by atoms with Crippen molar-refractivity contribution >= 4 is 29.3 Å². The van der Waals surface area contributed by atoms with Gasteiger partial charge in [0.2, 0.25) is 5.91 Å². The van der Waals surface area contributed by atoms with Crippen LogP contribution in [0.25, 0.3) is 0 Å². The van der Waals surface area contributed by atoms with E-state index in [-0.39, 0.29) is 23.6 Å². The summed E-state index contributed by atoms with van der Waals surface area (Å²) < 4.78 is 1.86. The van der Waals surface area contributed by atoms with Crippen LogP contribution in [0.4, 0.5) is 5.69 Å². The molecule has 0 radical (unpaired) electrons. The molecule has 3 aromatic rings. The van der Waals surface area contributed by atoms with Crippen LogP contribution in [0.3, 0.4) is 0 Å². The molecule has 0 spiro atoms. The van der Waals surface area contributed by atoms with Crippen LogP contribution in [0.15, 0.2) is 72.4 Å². The Morgan fingerprint density at radius 1 is 1.06 bits per heavy atom. The van der Waals surface area contributed by atoms with Crippen molar-refractivity contribution < 1.29 is 9.59 Å². The molecule has 3 rings (SSSR count). The summed E-state index contributed by atoms with van der Waals surface area (Å²) in [5.74, 6) is 0.793. The van der Waals surface area contributed by atoms with Crippen LogP contribution in [-0.4, -0.2) is 32.3 Å². The molecule has 172 valence electrons. The third-order valence-electron chi connectivity index (χ3n) is 5.02. The van der Waals surface area contributed by atoms with E-state index in [9.17, 15) is 9.59 Å². The average molecular weight is 464 g/mol. The van der Waals surface area contributed by atoms with E-state index in [1.54, 1.807) is 18.2 Å². The van der Waals surface area contributed by atoms with Crippen molar-refractivity contribution in [2.45, 2.75) is 44.4 Å². The Balaban J connectivity index is 1.67. The van der Waals surface area contributed by atoms with E-state index in [2.05, 4.69) is 41.3 Å². The summed E-state index contributed by atoms with van der Waals surface area (Å²) in [4.78, 5) is 25.1. The summed E-state index contributed by atoms with van der Waals surface area (Å²) in [6.45, 7) is 10.3. The van der Waals surface area contributed by atoms with Crippen molar-refractivity contribution in [3.05, 3.63) is 84.2 Å². The summed E-state index contributed by atoms with van der Waals surface area (Å²) in [6.07, 6.45) is 1.74. The lowest BCUT2D eigenvalue weighted by Gasteiger charge is -2.15. The highest BCUT2D eigenvalue weighted by Gasteiger charge is 2.20. The lowest BCUT2D eigenvalue weighted by Crippen LogP contribution is -2.28. The van der Waals surface area contributed by atoms with Crippen LogP contribution in [0.1, 0.15) is 54.5 Å². The second-order valence-corrected chi connectivity index (χ2v) is 8.82. The van der Waals surface area contributed by atoms with Gasteiger partial charge in [0.15, 0.2) is 11.0 Å². The van der Waals surface area contributed by atoms with Crippen molar-refractivity contribution in [2.24, 2.45) is 0 Å². The molecule has 2 amide bonds. The molecular weight excluding hydrogens is 434 g/mol. The van der Waals surface area contributed by atoms with Gasteiger partial charge in [-0.15, -0.1) is 16.8 Å². The number of nitrogens with one attached hydrogen (secondary N) is 2. The third-order valence-corrected chi connectivity index (χ3v) is 5.98. The molecule has 0 aliphatic heterocycles. The molecule has 1 aromatic heterocycles. The molecule has 2 aromatic carbocycles. The van der Waals surface area contributed by atoms with Crippen LogP contribution in [0, 0.1) is 0 Å². The molecule has 7 nitrogen and oxygen atoms in total. The number of carbonyl (C=O) groups excluding carboxylic acids is 2. The van der Waals surface area contributed by atoms with E-state index in [0.29, 0.717) is 29.0 Å². The van der Waals surface area contributed by atoms with E-state index in [1.807, 2.05) is 54.0 Å². The minimum Gasteiger partial charge on any atom is -0.342 e. The first-order valence-corrected chi connectivity index (χ1v) is 11.8. The first-order valence-electron chi connectivity index (χ1n) is 10.8. The zero-order valence-electron chi connectivity index (χ0n) is 19.1. The quantitative estimate of drug-likeness (QED) is 0.333. The Bertz CT molecular complexity index is 1110. The highest BCUT2D eigenvalue weighted by Crippen LogP contribution is 2.25. The van der Waals surface area contributed by atoms with E-state index in [1.165, 1.54) is 11.8 Å². The largest absolute Gasteiger partial charge is 0.342 e. The summed E-state index contributed by atoms with van der Waals surface area (Å²) in [6, 6.07) is 16.5. The van der Waals surface area contributed by atoms with Crippen molar-refractivity contribution in [3.8, 4) is 0 Å². The number of thioether (sulfide) groups is 1. The van der Waals surface area contributed by atoms with Gasteiger partial charge in [-0.2, -0.15) is 0 Å². The van der Waals surface area contributed by atoms with Crippen LogP contribution in [0.2, 0.25) is 0 Å². The second-order valence-electron chi connectivity index (χ2n) is 7.88. The van der Waals surface area contributed by atoms with Crippen LogP contribution < -0.4 is 10.6 Å². The molecule has 1 atom stereocenters. The predicted molar refractivity (Wildman–Crippen MR) is 132 cm³/mol. The maximum atomic E-state index is 12.6. The van der Waals surface area contributed by atoms with Gasteiger partial charge in [-0.25, -0.2) is 0 Å². The number of nitrogens with zero attached hydrogens (tertiary/aromatic N) is 3. The number of amides is 2. The molecular formula is C25H29N5O2S. The molecule has 0 aliphatic carbocycles. The number of allylic oxidation sites excluding steroid dienone is 1. The predicted octanol–water partition coefficient (Wildman–Crippen LogP) is 4.81. The molecule has 0 aliphatic rings. The molecule has 33 heavy (non-hydrogen) atoms. The fraction of sp³-hybridized carbons (Fsp3) is 0.280. The number of rotatable bonds is 10. The maximum Gasteiger partial charge on any atom is 0.251 e. The van der Waals surface area contributed by atoms with Crippen molar-refractivity contribution in [1.82, 2.24) is 20.1 Å². The number of aromatic nitrogens is 3. The lowest BCUT2D eigenvalue weighted by molar-refractivity contribution is -0.113. The number of hydrogen-bond donors (Lipinski definition) is 2. The lowest BCUT2D eigenvalue weighted by atomic mass is 10.0. The normalized spacial score (nSPS) is 11.8. The number of hydrogen-bond acceptors (Lipinski definition) is 5. The molecule has 0 bridgehead atoms. The molecule has 2 N–H and O–H groups in total. The molecule has 1 heterocycles. The van der Waals surface area contributed by atoms with Gasteiger partial charge in [0, 0.05) is 17.8 Å². The SMILES string of the molecule is C=CCn1c(SCC(=O)Nc2ccccc2C(C)C)nnc1[C@H](C)NC(=O)c1ccccc1. The summed E-state index contributed by atoms with van der Waals surface area (Å²) in [7, 11) is 0. The zero-order chi connectivity index (χ0) is 23.8. The summed E-state index contributed by atoms with van der Waals surface area (Å²) >= 11 is 1.30. The highest BCUT2D eigenvalue weighted by atomic mass is 32.2. The molecule has 0 saturated heterocycles. The summed E-state index contributed by atoms with van der Waals surface area (Å²) in [5, 5.41) is 15.1. The Morgan fingerprint density at radius 3 is 2.45 bits per heavy atom. The van der Waals surface area contributed by atoms with Gasteiger partial charge < -0.3 is 15.2 Å². The Kier molecular flexibility index (Phi) is 8.43. The molecule has 0 fully saturated rings. The standard InChI is InChI=1S/C25H29N5O2S/c1-5-15-30-23(18(4)26-24(32)19-11-7-6-8-12-19)28-29-25(30)33-16-22(31)27-21-14-10-9-13-20(21)17(2)3/h5-14,17-18H,1,15-16H2,2-4H3,(H,26,32)(H,27,31)/t18-/m0/s1. The van der Waals surface area contributed by atoms with Crippen LogP contribution in [-0.2, 0) is 11.3 Å². The fourth-order valence-corrected chi connectivity index (χ4v) is 4.15. The van der Waals surface area contributed by atoms with Crippen LogP contribution >= 0.6 is 11.8 Å². The van der Waals surface area contributed by atoms with E-state index in [4.69, 9.17) is 0 Å². The highest BCUT2D eigenvalue weighted by molar-refractivity contribution is 7.99. The van der Waals surface area contributed by atoms with Gasteiger partial charge in [0.05, 0.1) is 11.8 Å². The average Bonchev–Trinajstić information content (AvgIpc) is 3.21.